The smallest absolute Gasteiger partial charge is 0.237 e. The van der Waals surface area contributed by atoms with E-state index in [0.29, 0.717) is 6.42 Å². The van der Waals surface area contributed by atoms with Gasteiger partial charge in [0.15, 0.2) is 0 Å². The Morgan fingerprint density at radius 1 is 1.12 bits per heavy atom. The first kappa shape index (κ1) is 23.8. The maximum absolute atomic E-state index is 13.1. The fraction of sp³-hybridized carbons (Fsp3) is 0.345. The molecule has 178 valence electrons. The monoisotopic (exact) mass is 457 g/mol. The lowest BCUT2D eigenvalue weighted by Gasteiger charge is -2.29. The summed E-state index contributed by atoms with van der Waals surface area (Å²) in [6, 6.07) is 18.2. The first-order valence-electron chi connectivity index (χ1n) is 12.0. The number of rotatable bonds is 7. The Balaban J connectivity index is 1.50. The molecule has 5 heteroatoms. The maximum atomic E-state index is 13.1. The van der Waals surface area contributed by atoms with E-state index in [1.165, 1.54) is 22.3 Å². The number of anilines is 1. The normalized spacial score (nSPS) is 15.7. The minimum atomic E-state index is -0.588. The second-order valence-corrected chi connectivity index (χ2v) is 9.37. The Morgan fingerprint density at radius 2 is 1.85 bits per heavy atom. The lowest BCUT2D eigenvalue weighted by atomic mass is 9.92. The fourth-order valence-electron chi connectivity index (χ4n) is 5.02. The number of carbonyl (C=O) groups excluding carboxylic acids is 1. The van der Waals surface area contributed by atoms with Crippen molar-refractivity contribution in [2.75, 3.05) is 19.0 Å². The standard InChI is InChI=1S/C29H35N3O2/c1-18-13-19(2)23(20(3)14-18)17-25(30)29(33)32-27-11-12-31-26-10-9-21(16-24(26)27)15-22-7-5-6-8-28(22)34-4/h5-10,13-14,16,25,27,31H,11-12,15,17,30H2,1-4H3,(H,32,33). The Hall–Kier alpha value is -3.31. The van der Waals surface area contributed by atoms with Gasteiger partial charge in [0.1, 0.15) is 5.75 Å². The minimum absolute atomic E-state index is 0.0624. The van der Waals surface area contributed by atoms with Crippen molar-refractivity contribution in [2.45, 2.75) is 52.1 Å². The van der Waals surface area contributed by atoms with Gasteiger partial charge in [-0.1, -0.05) is 48.0 Å². The molecule has 0 bridgehead atoms. The first-order chi connectivity index (χ1) is 16.4. The molecule has 0 spiro atoms. The van der Waals surface area contributed by atoms with Crippen molar-refractivity contribution in [2.24, 2.45) is 5.73 Å². The Labute approximate surface area is 202 Å². The molecule has 3 aromatic carbocycles. The van der Waals surface area contributed by atoms with Crippen LogP contribution >= 0.6 is 0 Å². The number of nitrogens with one attached hydrogen (secondary N) is 2. The van der Waals surface area contributed by atoms with E-state index in [1.54, 1.807) is 7.11 Å². The van der Waals surface area contributed by atoms with Gasteiger partial charge in [0.2, 0.25) is 5.91 Å². The number of amides is 1. The second kappa shape index (κ2) is 10.3. The average molecular weight is 458 g/mol. The largest absolute Gasteiger partial charge is 0.496 e. The van der Waals surface area contributed by atoms with Gasteiger partial charge in [-0.2, -0.15) is 0 Å². The molecule has 0 aliphatic carbocycles. The summed E-state index contributed by atoms with van der Waals surface area (Å²) >= 11 is 0. The van der Waals surface area contributed by atoms with Crippen LogP contribution in [0.2, 0.25) is 0 Å². The zero-order valence-corrected chi connectivity index (χ0v) is 20.6. The summed E-state index contributed by atoms with van der Waals surface area (Å²) < 4.78 is 5.52. The highest BCUT2D eigenvalue weighted by atomic mass is 16.5. The van der Waals surface area contributed by atoms with E-state index >= 15 is 0 Å². The summed E-state index contributed by atoms with van der Waals surface area (Å²) in [5, 5.41) is 6.69. The molecule has 0 saturated carbocycles. The number of carbonyl (C=O) groups is 1. The molecule has 0 fully saturated rings. The number of fused-ring (bicyclic) bond motifs is 1. The maximum Gasteiger partial charge on any atom is 0.237 e. The number of nitrogens with two attached hydrogens (primary N) is 1. The summed E-state index contributed by atoms with van der Waals surface area (Å²) in [6.45, 7) is 7.08. The topological polar surface area (TPSA) is 76.4 Å². The summed E-state index contributed by atoms with van der Waals surface area (Å²) in [5.41, 5.74) is 15.7. The van der Waals surface area contributed by atoms with Crippen LogP contribution in [0.5, 0.6) is 5.75 Å². The average Bonchev–Trinajstić information content (AvgIpc) is 2.82. The van der Waals surface area contributed by atoms with E-state index in [-0.39, 0.29) is 11.9 Å². The van der Waals surface area contributed by atoms with E-state index in [1.807, 2.05) is 18.2 Å². The first-order valence-corrected chi connectivity index (χ1v) is 12.0. The molecule has 2 atom stereocenters. The summed E-state index contributed by atoms with van der Waals surface area (Å²) in [4.78, 5) is 13.1. The lowest BCUT2D eigenvalue weighted by Crippen LogP contribution is -2.44. The van der Waals surface area contributed by atoms with Crippen LogP contribution in [-0.2, 0) is 17.6 Å². The third-order valence-corrected chi connectivity index (χ3v) is 6.74. The van der Waals surface area contributed by atoms with Gasteiger partial charge >= 0.3 is 0 Å². The zero-order valence-electron chi connectivity index (χ0n) is 20.6. The van der Waals surface area contributed by atoms with E-state index < -0.39 is 6.04 Å². The fourth-order valence-corrected chi connectivity index (χ4v) is 5.02. The molecule has 4 N–H and O–H groups in total. The number of hydrogen-bond acceptors (Lipinski definition) is 4. The third-order valence-electron chi connectivity index (χ3n) is 6.74. The highest BCUT2D eigenvalue weighted by molar-refractivity contribution is 5.82. The number of para-hydroxylation sites is 1. The van der Waals surface area contributed by atoms with Gasteiger partial charge in [-0.15, -0.1) is 0 Å². The molecule has 0 aromatic heterocycles. The predicted molar refractivity (Wildman–Crippen MR) is 139 cm³/mol. The molecule has 1 aliphatic heterocycles. The molecule has 1 heterocycles. The van der Waals surface area contributed by atoms with Crippen molar-refractivity contribution >= 4 is 11.6 Å². The molecule has 2 unspecified atom stereocenters. The Kier molecular flexibility index (Phi) is 7.23. The molecule has 0 saturated heterocycles. The Bertz CT molecular complexity index is 1160. The van der Waals surface area contributed by atoms with Gasteiger partial charge in [0.05, 0.1) is 19.2 Å². The summed E-state index contributed by atoms with van der Waals surface area (Å²) in [6.07, 6.45) is 2.13. The van der Waals surface area contributed by atoms with Gasteiger partial charge < -0.3 is 21.1 Å². The molecule has 4 rings (SSSR count). The van der Waals surface area contributed by atoms with Crippen LogP contribution in [0.1, 0.15) is 51.4 Å². The highest BCUT2D eigenvalue weighted by Crippen LogP contribution is 2.32. The summed E-state index contributed by atoms with van der Waals surface area (Å²) in [7, 11) is 1.70. The number of methoxy groups -OCH3 is 1. The van der Waals surface area contributed by atoms with Crippen molar-refractivity contribution in [1.82, 2.24) is 5.32 Å². The number of benzene rings is 3. The van der Waals surface area contributed by atoms with Gasteiger partial charge in [-0.05, 0) is 79.1 Å². The highest BCUT2D eigenvalue weighted by Gasteiger charge is 2.25. The number of aryl methyl sites for hydroxylation is 3. The van der Waals surface area contributed by atoms with Crippen molar-refractivity contribution < 1.29 is 9.53 Å². The molecule has 5 nitrogen and oxygen atoms in total. The van der Waals surface area contributed by atoms with Crippen LogP contribution in [0.15, 0.2) is 54.6 Å². The second-order valence-electron chi connectivity index (χ2n) is 9.37. The van der Waals surface area contributed by atoms with E-state index in [9.17, 15) is 4.79 Å². The molecule has 1 aliphatic rings. The van der Waals surface area contributed by atoms with Crippen molar-refractivity contribution in [1.29, 1.82) is 0 Å². The molecular formula is C29H35N3O2. The van der Waals surface area contributed by atoms with Crippen LogP contribution in [0.3, 0.4) is 0 Å². The van der Waals surface area contributed by atoms with Crippen molar-refractivity contribution in [3.8, 4) is 5.75 Å². The predicted octanol–water partition coefficient (Wildman–Crippen LogP) is 4.75. The van der Waals surface area contributed by atoms with Gasteiger partial charge in [0.25, 0.3) is 0 Å². The quantitative estimate of drug-likeness (QED) is 0.478. The molecule has 1 amide bonds. The van der Waals surface area contributed by atoms with E-state index in [2.05, 4.69) is 67.8 Å². The SMILES string of the molecule is COc1ccccc1Cc1ccc2c(c1)C(NC(=O)C(N)Cc1c(C)cc(C)cc1C)CCN2. The minimum Gasteiger partial charge on any atom is -0.496 e. The molecular weight excluding hydrogens is 422 g/mol. The van der Waals surface area contributed by atoms with Crippen molar-refractivity contribution in [3.63, 3.8) is 0 Å². The van der Waals surface area contributed by atoms with Crippen LogP contribution in [0, 0.1) is 20.8 Å². The van der Waals surface area contributed by atoms with Crippen LogP contribution in [-0.4, -0.2) is 25.6 Å². The summed E-state index contributed by atoms with van der Waals surface area (Å²) in [5.74, 6) is 0.781. The lowest BCUT2D eigenvalue weighted by molar-refractivity contribution is -0.123. The zero-order chi connectivity index (χ0) is 24.2. The Morgan fingerprint density at radius 3 is 2.59 bits per heavy atom. The van der Waals surface area contributed by atoms with Gasteiger partial charge in [0, 0.05) is 18.7 Å². The van der Waals surface area contributed by atoms with Crippen molar-refractivity contribution in [3.05, 3.63) is 93.5 Å². The van der Waals surface area contributed by atoms with Gasteiger partial charge in [-0.3, -0.25) is 4.79 Å². The van der Waals surface area contributed by atoms with Crippen LogP contribution in [0.4, 0.5) is 5.69 Å². The van der Waals surface area contributed by atoms with E-state index in [0.717, 1.165) is 47.5 Å². The van der Waals surface area contributed by atoms with Crippen LogP contribution < -0.4 is 21.1 Å². The molecule has 34 heavy (non-hydrogen) atoms. The number of ether oxygens (including phenoxy) is 1. The molecule has 3 aromatic rings. The molecule has 0 radical (unpaired) electrons. The van der Waals surface area contributed by atoms with Crippen LogP contribution in [0.25, 0.3) is 0 Å². The number of hydrogen-bond donors (Lipinski definition) is 3. The van der Waals surface area contributed by atoms with Gasteiger partial charge in [-0.25, -0.2) is 0 Å². The van der Waals surface area contributed by atoms with E-state index in [4.69, 9.17) is 10.5 Å². The third kappa shape index (κ3) is 5.26.